The highest BCUT2D eigenvalue weighted by Crippen LogP contribution is 2.16. The SMILES string of the molecule is COc1ccc(C(=O)N2CCN(Cc3ncc(C)cc3C)CC2)cc1. The second-order valence-corrected chi connectivity index (χ2v) is 6.57. The molecule has 25 heavy (non-hydrogen) atoms. The summed E-state index contributed by atoms with van der Waals surface area (Å²) >= 11 is 0. The number of benzene rings is 1. The van der Waals surface area contributed by atoms with Gasteiger partial charge in [0.15, 0.2) is 0 Å². The fourth-order valence-electron chi connectivity index (χ4n) is 3.15. The monoisotopic (exact) mass is 339 g/mol. The van der Waals surface area contributed by atoms with E-state index in [2.05, 4.69) is 29.8 Å². The van der Waals surface area contributed by atoms with E-state index >= 15 is 0 Å². The van der Waals surface area contributed by atoms with E-state index in [1.54, 1.807) is 7.11 Å². The summed E-state index contributed by atoms with van der Waals surface area (Å²) in [7, 11) is 1.63. The van der Waals surface area contributed by atoms with Gasteiger partial charge >= 0.3 is 0 Å². The minimum Gasteiger partial charge on any atom is -0.497 e. The average molecular weight is 339 g/mol. The first-order valence-electron chi connectivity index (χ1n) is 8.64. The Balaban J connectivity index is 1.56. The van der Waals surface area contributed by atoms with Crippen LogP contribution < -0.4 is 4.74 Å². The van der Waals surface area contributed by atoms with Crippen LogP contribution in [0.2, 0.25) is 0 Å². The minimum atomic E-state index is 0.0898. The number of carbonyl (C=O) groups excluding carboxylic acids is 1. The summed E-state index contributed by atoms with van der Waals surface area (Å²) in [5.41, 5.74) is 4.26. The molecule has 2 aromatic rings. The molecule has 5 heteroatoms. The highest BCUT2D eigenvalue weighted by atomic mass is 16.5. The van der Waals surface area contributed by atoms with Crippen molar-refractivity contribution in [3.05, 3.63) is 58.9 Å². The third-order valence-electron chi connectivity index (χ3n) is 4.69. The molecule has 132 valence electrons. The Hall–Kier alpha value is -2.40. The zero-order valence-electron chi connectivity index (χ0n) is 15.2. The van der Waals surface area contributed by atoms with Gasteiger partial charge in [-0.1, -0.05) is 6.07 Å². The number of carbonyl (C=O) groups is 1. The van der Waals surface area contributed by atoms with Crippen molar-refractivity contribution in [2.24, 2.45) is 0 Å². The lowest BCUT2D eigenvalue weighted by atomic mass is 10.1. The Labute approximate surface area is 149 Å². The van der Waals surface area contributed by atoms with Crippen LogP contribution in [0.25, 0.3) is 0 Å². The molecule has 2 heterocycles. The number of pyridine rings is 1. The Bertz CT molecular complexity index is 735. The Kier molecular flexibility index (Phi) is 5.34. The minimum absolute atomic E-state index is 0.0898. The van der Waals surface area contributed by atoms with Crippen LogP contribution in [0.3, 0.4) is 0 Å². The number of rotatable bonds is 4. The first kappa shape index (κ1) is 17.4. The van der Waals surface area contributed by atoms with Crippen LogP contribution in [0.15, 0.2) is 36.5 Å². The molecule has 0 saturated carbocycles. The lowest BCUT2D eigenvalue weighted by Gasteiger charge is -2.34. The Morgan fingerprint density at radius 1 is 1.12 bits per heavy atom. The third-order valence-corrected chi connectivity index (χ3v) is 4.69. The lowest BCUT2D eigenvalue weighted by Crippen LogP contribution is -2.48. The number of ether oxygens (including phenoxy) is 1. The van der Waals surface area contributed by atoms with Crippen molar-refractivity contribution in [3.8, 4) is 5.75 Å². The molecule has 0 atom stereocenters. The highest BCUT2D eigenvalue weighted by molar-refractivity contribution is 5.94. The second-order valence-electron chi connectivity index (χ2n) is 6.57. The van der Waals surface area contributed by atoms with E-state index in [9.17, 15) is 4.79 Å². The van der Waals surface area contributed by atoms with Crippen LogP contribution in [0.4, 0.5) is 0 Å². The van der Waals surface area contributed by atoms with E-state index in [-0.39, 0.29) is 5.91 Å². The molecule has 1 aliphatic heterocycles. The molecule has 1 aromatic carbocycles. The maximum atomic E-state index is 12.6. The Morgan fingerprint density at radius 3 is 2.40 bits per heavy atom. The first-order chi connectivity index (χ1) is 12.1. The Morgan fingerprint density at radius 2 is 1.80 bits per heavy atom. The maximum Gasteiger partial charge on any atom is 0.253 e. The summed E-state index contributed by atoms with van der Waals surface area (Å²) in [5.74, 6) is 0.856. The number of amides is 1. The summed E-state index contributed by atoms with van der Waals surface area (Å²) in [6, 6.07) is 9.48. The van der Waals surface area contributed by atoms with Gasteiger partial charge < -0.3 is 9.64 Å². The molecule has 0 N–H and O–H groups in total. The van der Waals surface area contributed by atoms with Crippen molar-refractivity contribution in [2.75, 3.05) is 33.3 Å². The third kappa shape index (κ3) is 4.17. The van der Waals surface area contributed by atoms with E-state index < -0.39 is 0 Å². The van der Waals surface area contributed by atoms with Gasteiger partial charge in [0.1, 0.15) is 5.75 Å². The van der Waals surface area contributed by atoms with Crippen molar-refractivity contribution in [3.63, 3.8) is 0 Å². The molecule has 0 spiro atoms. The zero-order chi connectivity index (χ0) is 17.8. The van der Waals surface area contributed by atoms with Gasteiger partial charge in [0.2, 0.25) is 0 Å². The summed E-state index contributed by atoms with van der Waals surface area (Å²) in [6.45, 7) is 8.25. The molecule has 1 fully saturated rings. The number of aromatic nitrogens is 1. The van der Waals surface area contributed by atoms with Crippen LogP contribution in [0, 0.1) is 13.8 Å². The summed E-state index contributed by atoms with van der Waals surface area (Å²) in [4.78, 5) is 21.5. The van der Waals surface area contributed by atoms with E-state index in [0.717, 1.165) is 44.2 Å². The first-order valence-corrected chi connectivity index (χ1v) is 8.64. The van der Waals surface area contributed by atoms with E-state index in [0.29, 0.717) is 5.56 Å². The van der Waals surface area contributed by atoms with Crippen molar-refractivity contribution < 1.29 is 9.53 Å². The van der Waals surface area contributed by atoms with Gasteiger partial charge in [0, 0.05) is 44.5 Å². The molecular formula is C20H25N3O2. The smallest absolute Gasteiger partial charge is 0.253 e. The summed E-state index contributed by atoms with van der Waals surface area (Å²) in [5, 5.41) is 0. The molecule has 1 saturated heterocycles. The molecule has 3 rings (SSSR count). The van der Waals surface area contributed by atoms with Crippen LogP contribution >= 0.6 is 0 Å². The number of methoxy groups -OCH3 is 1. The molecule has 1 amide bonds. The average Bonchev–Trinajstić information content (AvgIpc) is 2.64. The van der Waals surface area contributed by atoms with Gasteiger partial charge in [-0.2, -0.15) is 0 Å². The van der Waals surface area contributed by atoms with Crippen molar-refractivity contribution in [1.82, 2.24) is 14.8 Å². The normalized spacial score (nSPS) is 15.2. The quantitative estimate of drug-likeness (QED) is 0.859. The molecule has 1 aliphatic rings. The van der Waals surface area contributed by atoms with Crippen LogP contribution in [0.5, 0.6) is 5.75 Å². The lowest BCUT2D eigenvalue weighted by molar-refractivity contribution is 0.0626. The molecular weight excluding hydrogens is 314 g/mol. The predicted octanol–water partition coefficient (Wildman–Crippen LogP) is 2.67. The molecule has 0 aliphatic carbocycles. The van der Waals surface area contributed by atoms with Gasteiger partial charge in [0.05, 0.1) is 12.8 Å². The van der Waals surface area contributed by atoms with E-state index in [1.165, 1.54) is 11.1 Å². The highest BCUT2D eigenvalue weighted by Gasteiger charge is 2.22. The zero-order valence-corrected chi connectivity index (χ0v) is 15.2. The fourth-order valence-corrected chi connectivity index (χ4v) is 3.15. The van der Waals surface area contributed by atoms with Crippen molar-refractivity contribution in [1.29, 1.82) is 0 Å². The van der Waals surface area contributed by atoms with E-state index in [1.807, 2.05) is 35.4 Å². The topological polar surface area (TPSA) is 45.7 Å². The van der Waals surface area contributed by atoms with Crippen molar-refractivity contribution in [2.45, 2.75) is 20.4 Å². The fraction of sp³-hybridized carbons (Fsp3) is 0.400. The molecule has 1 aromatic heterocycles. The van der Waals surface area contributed by atoms with Gasteiger partial charge in [-0.05, 0) is 49.2 Å². The summed E-state index contributed by atoms with van der Waals surface area (Å²) < 4.78 is 5.14. The van der Waals surface area contributed by atoms with Crippen LogP contribution in [-0.2, 0) is 6.54 Å². The number of piperazine rings is 1. The van der Waals surface area contributed by atoms with Crippen LogP contribution in [-0.4, -0.2) is 54.0 Å². The van der Waals surface area contributed by atoms with Crippen LogP contribution in [0.1, 0.15) is 27.2 Å². The number of nitrogens with zero attached hydrogens (tertiary/aromatic N) is 3. The number of hydrogen-bond donors (Lipinski definition) is 0. The largest absolute Gasteiger partial charge is 0.497 e. The molecule has 0 radical (unpaired) electrons. The van der Waals surface area contributed by atoms with E-state index in [4.69, 9.17) is 4.74 Å². The molecule has 0 unspecified atom stereocenters. The van der Waals surface area contributed by atoms with Gasteiger partial charge in [-0.3, -0.25) is 14.7 Å². The predicted molar refractivity (Wildman–Crippen MR) is 97.9 cm³/mol. The van der Waals surface area contributed by atoms with Gasteiger partial charge in [0.25, 0.3) is 5.91 Å². The number of aryl methyl sites for hydroxylation is 2. The molecule has 5 nitrogen and oxygen atoms in total. The number of hydrogen-bond acceptors (Lipinski definition) is 4. The maximum absolute atomic E-state index is 12.6. The summed E-state index contributed by atoms with van der Waals surface area (Å²) in [6.07, 6.45) is 1.92. The molecule has 0 bridgehead atoms. The van der Waals surface area contributed by atoms with Gasteiger partial charge in [-0.15, -0.1) is 0 Å². The second kappa shape index (κ2) is 7.66. The van der Waals surface area contributed by atoms with Gasteiger partial charge in [-0.25, -0.2) is 0 Å². The van der Waals surface area contributed by atoms with Crippen molar-refractivity contribution >= 4 is 5.91 Å². The standard InChI is InChI=1S/C20H25N3O2/c1-15-12-16(2)19(21-13-15)14-22-8-10-23(11-9-22)20(24)17-4-6-18(25-3)7-5-17/h4-7,12-13H,8-11,14H2,1-3H3.